The van der Waals surface area contributed by atoms with Crippen LogP contribution in [0.15, 0.2) is 0 Å². The first kappa shape index (κ1) is 23.5. The molecule has 0 aromatic rings. The molecule has 1 aliphatic heterocycles. The summed E-state index contributed by atoms with van der Waals surface area (Å²) in [6.07, 6.45) is 0. The van der Waals surface area contributed by atoms with Crippen LogP contribution in [0.25, 0.3) is 0 Å². The molecule has 27 heavy (non-hydrogen) atoms. The summed E-state index contributed by atoms with van der Waals surface area (Å²) in [4.78, 5) is 39.6. The molecule has 0 aromatic heterocycles. The van der Waals surface area contributed by atoms with Crippen molar-refractivity contribution in [3.63, 3.8) is 0 Å². The van der Waals surface area contributed by atoms with E-state index in [1.54, 1.807) is 20.8 Å². The van der Waals surface area contributed by atoms with Gasteiger partial charge < -0.3 is 14.6 Å². The van der Waals surface area contributed by atoms with E-state index in [2.05, 4.69) is 5.32 Å². The van der Waals surface area contributed by atoms with Crippen LogP contribution in [0.5, 0.6) is 0 Å². The summed E-state index contributed by atoms with van der Waals surface area (Å²) in [6.45, 7) is 8.05. The van der Waals surface area contributed by atoms with Crippen molar-refractivity contribution in [3.8, 4) is 0 Å². The van der Waals surface area contributed by atoms with Crippen LogP contribution in [0.2, 0.25) is 0 Å². The Hall–Kier alpha value is -1.55. The average molecular weight is 387 g/mol. The zero-order valence-corrected chi connectivity index (χ0v) is 17.2. The Bertz CT molecular complexity index is 509. The van der Waals surface area contributed by atoms with Crippen LogP contribution >= 0.6 is 0 Å². The van der Waals surface area contributed by atoms with Gasteiger partial charge in [-0.05, 0) is 27.7 Å². The standard InChI is InChI=1S/C18H33N3O6/c1-12(15(4)23)19-18(11-22)9-20(13(2)16(24)26-5)7-8-21(10-18)14(3)17(25)27-6/h12-14,19,22H,7-11H2,1-6H3/t12-,13-,14+,18?/m1/s1. The van der Waals surface area contributed by atoms with E-state index in [9.17, 15) is 19.5 Å². The van der Waals surface area contributed by atoms with Gasteiger partial charge in [-0.3, -0.25) is 29.5 Å². The lowest BCUT2D eigenvalue weighted by molar-refractivity contribution is -0.147. The molecule has 0 spiro atoms. The van der Waals surface area contributed by atoms with Crippen LogP contribution in [0.3, 0.4) is 0 Å². The Morgan fingerprint density at radius 2 is 1.41 bits per heavy atom. The summed E-state index contributed by atoms with van der Waals surface area (Å²) >= 11 is 0. The number of rotatable bonds is 8. The maximum absolute atomic E-state index is 12.0. The number of carbonyl (C=O) groups is 3. The van der Waals surface area contributed by atoms with Gasteiger partial charge in [-0.1, -0.05) is 0 Å². The second-order valence-corrected chi connectivity index (χ2v) is 7.25. The van der Waals surface area contributed by atoms with Gasteiger partial charge in [-0.15, -0.1) is 0 Å². The van der Waals surface area contributed by atoms with Gasteiger partial charge in [0, 0.05) is 26.2 Å². The molecule has 0 radical (unpaired) electrons. The SMILES string of the molecule is COC(=O)[C@@H](C)N1CCN([C@@H](C)C(=O)OC)CC(CO)(N[C@H](C)C(C)=O)C1. The summed E-state index contributed by atoms with van der Waals surface area (Å²) in [5, 5.41) is 13.4. The number of carbonyl (C=O) groups excluding carboxylic acids is 3. The molecule has 1 rings (SSSR count). The first-order valence-corrected chi connectivity index (χ1v) is 9.13. The molecule has 4 atom stereocenters. The highest BCUT2D eigenvalue weighted by atomic mass is 16.5. The minimum Gasteiger partial charge on any atom is -0.468 e. The van der Waals surface area contributed by atoms with Crippen molar-refractivity contribution >= 4 is 17.7 Å². The van der Waals surface area contributed by atoms with Crippen molar-refractivity contribution in [1.82, 2.24) is 15.1 Å². The number of esters is 2. The van der Waals surface area contributed by atoms with Gasteiger partial charge in [-0.2, -0.15) is 0 Å². The third-order valence-electron chi connectivity index (χ3n) is 5.30. The maximum atomic E-state index is 12.0. The van der Waals surface area contributed by atoms with Gasteiger partial charge >= 0.3 is 11.9 Å². The predicted octanol–water partition coefficient (Wildman–Crippen LogP) is -0.975. The van der Waals surface area contributed by atoms with Gasteiger partial charge in [0.05, 0.1) is 32.4 Å². The maximum Gasteiger partial charge on any atom is 0.322 e. The van der Waals surface area contributed by atoms with Crippen LogP contribution in [0.4, 0.5) is 0 Å². The summed E-state index contributed by atoms with van der Waals surface area (Å²) in [7, 11) is 2.66. The fourth-order valence-electron chi connectivity index (χ4n) is 3.34. The Morgan fingerprint density at radius 3 is 1.70 bits per heavy atom. The van der Waals surface area contributed by atoms with Crippen molar-refractivity contribution in [2.75, 3.05) is 47.0 Å². The molecule has 0 aliphatic carbocycles. The molecule has 2 N–H and O–H groups in total. The molecule has 0 bridgehead atoms. The molecule has 9 nitrogen and oxygen atoms in total. The molecular formula is C18H33N3O6. The van der Waals surface area contributed by atoms with Crippen molar-refractivity contribution in [2.45, 2.75) is 51.4 Å². The Labute approximate surface area is 161 Å². The smallest absolute Gasteiger partial charge is 0.322 e. The number of hydrogen-bond donors (Lipinski definition) is 2. The van der Waals surface area contributed by atoms with Gasteiger partial charge in [0.25, 0.3) is 0 Å². The fourth-order valence-corrected chi connectivity index (χ4v) is 3.34. The monoisotopic (exact) mass is 387 g/mol. The number of methoxy groups -OCH3 is 2. The molecular weight excluding hydrogens is 354 g/mol. The average Bonchev–Trinajstić information content (AvgIpc) is 2.85. The van der Waals surface area contributed by atoms with E-state index in [-0.39, 0.29) is 24.3 Å². The lowest BCUT2D eigenvalue weighted by atomic mass is 9.96. The Morgan fingerprint density at radius 1 is 1.00 bits per heavy atom. The largest absolute Gasteiger partial charge is 0.468 e. The fraction of sp³-hybridized carbons (Fsp3) is 0.833. The van der Waals surface area contributed by atoms with E-state index in [0.29, 0.717) is 26.2 Å². The van der Waals surface area contributed by atoms with E-state index in [1.165, 1.54) is 21.1 Å². The Balaban J connectivity index is 3.20. The van der Waals surface area contributed by atoms with E-state index in [4.69, 9.17) is 9.47 Å². The molecule has 9 heteroatoms. The van der Waals surface area contributed by atoms with Gasteiger partial charge in [-0.25, -0.2) is 0 Å². The summed E-state index contributed by atoms with van der Waals surface area (Å²) < 4.78 is 9.70. The number of ketones is 1. The van der Waals surface area contributed by atoms with E-state index in [1.807, 2.05) is 9.80 Å². The summed E-state index contributed by atoms with van der Waals surface area (Å²) in [5.74, 6) is -0.820. The number of aliphatic hydroxyl groups is 1. The van der Waals surface area contributed by atoms with Crippen molar-refractivity contribution in [1.29, 1.82) is 0 Å². The molecule has 1 heterocycles. The summed E-state index contributed by atoms with van der Waals surface area (Å²) in [6, 6.07) is -1.53. The number of Topliss-reactive ketones (excluding diaryl/α,β-unsaturated/α-hetero) is 1. The van der Waals surface area contributed by atoms with Gasteiger partial charge in [0.15, 0.2) is 0 Å². The van der Waals surface area contributed by atoms with Gasteiger partial charge in [0.2, 0.25) is 0 Å². The van der Waals surface area contributed by atoms with E-state index >= 15 is 0 Å². The second kappa shape index (κ2) is 10.1. The topological polar surface area (TPSA) is 108 Å². The molecule has 0 amide bonds. The first-order chi connectivity index (χ1) is 12.6. The highest BCUT2D eigenvalue weighted by molar-refractivity contribution is 5.81. The Kier molecular flexibility index (Phi) is 8.80. The van der Waals surface area contributed by atoms with Crippen molar-refractivity contribution < 1.29 is 29.0 Å². The zero-order valence-electron chi connectivity index (χ0n) is 17.2. The van der Waals surface area contributed by atoms with E-state index in [0.717, 1.165) is 0 Å². The van der Waals surface area contributed by atoms with Crippen LogP contribution in [-0.4, -0.2) is 103 Å². The predicted molar refractivity (Wildman–Crippen MR) is 99.2 cm³/mol. The first-order valence-electron chi connectivity index (χ1n) is 9.13. The number of ether oxygens (including phenoxy) is 2. The highest BCUT2D eigenvalue weighted by Gasteiger charge is 2.42. The van der Waals surface area contributed by atoms with Crippen LogP contribution < -0.4 is 5.32 Å². The molecule has 0 aromatic carbocycles. The van der Waals surface area contributed by atoms with Crippen LogP contribution in [0.1, 0.15) is 27.7 Å². The third-order valence-corrected chi connectivity index (χ3v) is 5.30. The quantitative estimate of drug-likeness (QED) is 0.508. The van der Waals surface area contributed by atoms with E-state index < -0.39 is 23.7 Å². The number of nitrogens with zero attached hydrogens (tertiary/aromatic N) is 2. The number of nitrogens with one attached hydrogen (secondary N) is 1. The van der Waals surface area contributed by atoms with Crippen molar-refractivity contribution in [2.24, 2.45) is 0 Å². The molecule has 1 unspecified atom stereocenters. The minimum absolute atomic E-state index is 0.0628. The van der Waals surface area contributed by atoms with Crippen molar-refractivity contribution in [3.05, 3.63) is 0 Å². The normalized spacial score (nSPS) is 25.1. The number of aliphatic hydroxyl groups excluding tert-OH is 1. The highest BCUT2D eigenvalue weighted by Crippen LogP contribution is 2.20. The van der Waals surface area contributed by atoms with Gasteiger partial charge in [0.1, 0.15) is 17.9 Å². The second-order valence-electron chi connectivity index (χ2n) is 7.25. The zero-order chi connectivity index (χ0) is 20.8. The van der Waals surface area contributed by atoms with Crippen LogP contribution in [0, 0.1) is 0 Å². The van der Waals surface area contributed by atoms with Crippen LogP contribution in [-0.2, 0) is 23.9 Å². The summed E-state index contributed by atoms with van der Waals surface area (Å²) in [5.41, 5.74) is -0.897. The molecule has 1 aliphatic rings. The molecule has 1 fully saturated rings. The molecule has 1 saturated heterocycles. The molecule has 156 valence electrons. The molecule has 0 saturated carbocycles. The lowest BCUT2D eigenvalue weighted by Crippen LogP contribution is -2.65. The third kappa shape index (κ3) is 5.97. The lowest BCUT2D eigenvalue weighted by Gasteiger charge is -2.40. The minimum atomic E-state index is -0.897. The number of hydrogen-bond acceptors (Lipinski definition) is 9.